The lowest BCUT2D eigenvalue weighted by molar-refractivity contribution is -0.118. The van der Waals surface area contributed by atoms with Gasteiger partial charge in [0, 0.05) is 28.8 Å². The summed E-state index contributed by atoms with van der Waals surface area (Å²) < 4.78 is 16.9. The van der Waals surface area contributed by atoms with Crippen LogP contribution >= 0.6 is 0 Å². The first-order valence-corrected chi connectivity index (χ1v) is 12.3. The van der Waals surface area contributed by atoms with Crippen molar-refractivity contribution in [1.82, 2.24) is 14.8 Å². The first kappa shape index (κ1) is 22.9. The molecule has 37 heavy (non-hydrogen) atoms. The van der Waals surface area contributed by atoms with Gasteiger partial charge in [-0.25, -0.2) is 4.39 Å². The molecule has 7 heteroatoms. The number of para-hydroxylation sites is 1. The average molecular weight is 490 g/mol. The summed E-state index contributed by atoms with van der Waals surface area (Å²) >= 11 is 0. The summed E-state index contributed by atoms with van der Waals surface area (Å²) in [5, 5.41) is 8.60. The SMILES string of the molecule is Cc1nnc2n1-c1ccc(C#CCN3C(=O)CCc4ccccc43)cc1C(c1ccccc1F)=N[C@@H]2C. The van der Waals surface area contributed by atoms with Crippen LogP contribution in [-0.2, 0) is 11.2 Å². The zero-order chi connectivity index (χ0) is 25.5. The van der Waals surface area contributed by atoms with E-state index in [1.165, 1.54) is 6.07 Å². The van der Waals surface area contributed by atoms with E-state index in [-0.39, 0.29) is 17.8 Å². The summed E-state index contributed by atoms with van der Waals surface area (Å²) in [6.45, 7) is 4.12. The Morgan fingerprint density at radius 3 is 2.65 bits per heavy atom. The van der Waals surface area contributed by atoms with Crippen molar-refractivity contribution in [2.45, 2.75) is 32.7 Å². The lowest BCUT2D eigenvalue weighted by Crippen LogP contribution is -2.35. The summed E-state index contributed by atoms with van der Waals surface area (Å²) in [4.78, 5) is 19.2. The van der Waals surface area contributed by atoms with Crippen LogP contribution in [0.5, 0.6) is 0 Å². The second-order valence-corrected chi connectivity index (χ2v) is 9.22. The maximum absolute atomic E-state index is 14.9. The summed E-state index contributed by atoms with van der Waals surface area (Å²) in [6, 6.07) is 20.1. The van der Waals surface area contributed by atoms with Crippen molar-refractivity contribution in [3.8, 4) is 17.5 Å². The molecule has 1 atom stereocenters. The molecule has 0 unspecified atom stereocenters. The van der Waals surface area contributed by atoms with Crippen molar-refractivity contribution in [2.75, 3.05) is 11.4 Å². The highest BCUT2D eigenvalue weighted by Crippen LogP contribution is 2.32. The highest BCUT2D eigenvalue weighted by molar-refractivity contribution is 6.15. The maximum Gasteiger partial charge on any atom is 0.228 e. The Labute approximate surface area is 214 Å². The maximum atomic E-state index is 14.9. The van der Waals surface area contributed by atoms with E-state index < -0.39 is 0 Å². The van der Waals surface area contributed by atoms with Crippen molar-refractivity contribution in [2.24, 2.45) is 4.99 Å². The minimum Gasteiger partial charge on any atom is -0.300 e. The number of aryl methyl sites for hydroxylation is 2. The first-order valence-electron chi connectivity index (χ1n) is 12.3. The Bertz CT molecular complexity index is 1640. The molecule has 3 heterocycles. The zero-order valence-electron chi connectivity index (χ0n) is 20.6. The number of aliphatic imine (C=N–C) groups is 1. The van der Waals surface area contributed by atoms with E-state index >= 15 is 0 Å². The van der Waals surface area contributed by atoms with Crippen LogP contribution in [0, 0.1) is 24.6 Å². The van der Waals surface area contributed by atoms with Crippen molar-refractivity contribution < 1.29 is 9.18 Å². The van der Waals surface area contributed by atoms with Crippen LogP contribution in [0.25, 0.3) is 5.69 Å². The fourth-order valence-corrected chi connectivity index (χ4v) is 5.02. The first-order chi connectivity index (χ1) is 18.0. The lowest BCUT2D eigenvalue weighted by atomic mass is 9.98. The van der Waals surface area contributed by atoms with E-state index in [9.17, 15) is 9.18 Å². The molecule has 6 rings (SSSR count). The van der Waals surface area contributed by atoms with Crippen molar-refractivity contribution in [1.29, 1.82) is 0 Å². The molecule has 1 amide bonds. The number of halogens is 1. The highest BCUT2D eigenvalue weighted by Gasteiger charge is 2.27. The number of anilines is 1. The third-order valence-corrected chi connectivity index (χ3v) is 6.83. The second kappa shape index (κ2) is 9.14. The molecule has 0 saturated carbocycles. The molecular formula is C30H24FN5O. The summed E-state index contributed by atoms with van der Waals surface area (Å²) in [5.74, 6) is 7.55. The Balaban J connectivity index is 1.42. The largest absolute Gasteiger partial charge is 0.300 e. The van der Waals surface area contributed by atoms with Gasteiger partial charge in [0.1, 0.15) is 17.7 Å². The molecule has 182 valence electrons. The fraction of sp³-hybridized carbons (Fsp3) is 0.200. The monoisotopic (exact) mass is 489 g/mol. The van der Waals surface area contributed by atoms with Gasteiger partial charge in [-0.1, -0.05) is 42.2 Å². The van der Waals surface area contributed by atoms with Gasteiger partial charge in [0.25, 0.3) is 0 Å². The normalized spacial score (nSPS) is 16.1. The summed E-state index contributed by atoms with van der Waals surface area (Å²) in [7, 11) is 0. The van der Waals surface area contributed by atoms with Gasteiger partial charge in [-0.05, 0) is 62.2 Å². The summed E-state index contributed by atoms with van der Waals surface area (Å²) in [6.07, 6.45) is 1.24. The molecule has 0 bridgehead atoms. The van der Waals surface area contributed by atoms with Gasteiger partial charge >= 0.3 is 0 Å². The number of benzene rings is 3. The predicted octanol–water partition coefficient (Wildman–Crippen LogP) is 4.96. The van der Waals surface area contributed by atoms with Gasteiger partial charge in [0.2, 0.25) is 5.91 Å². The third kappa shape index (κ3) is 4.01. The molecular weight excluding hydrogens is 465 g/mol. The zero-order valence-corrected chi connectivity index (χ0v) is 20.6. The number of rotatable bonds is 2. The molecule has 3 aromatic carbocycles. The fourth-order valence-electron chi connectivity index (χ4n) is 5.02. The second-order valence-electron chi connectivity index (χ2n) is 9.22. The number of hydrogen-bond acceptors (Lipinski definition) is 4. The number of nitrogens with zero attached hydrogens (tertiary/aromatic N) is 5. The van der Waals surface area contributed by atoms with Gasteiger partial charge < -0.3 is 4.90 Å². The number of hydrogen-bond donors (Lipinski definition) is 0. The van der Waals surface area contributed by atoms with Crippen LogP contribution in [0.3, 0.4) is 0 Å². The van der Waals surface area contributed by atoms with Gasteiger partial charge in [0.05, 0.1) is 17.9 Å². The molecule has 0 aliphatic carbocycles. The quantitative estimate of drug-likeness (QED) is 0.374. The van der Waals surface area contributed by atoms with Crippen LogP contribution < -0.4 is 4.90 Å². The van der Waals surface area contributed by atoms with Gasteiger partial charge in [-0.3, -0.25) is 14.4 Å². The Morgan fingerprint density at radius 1 is 0.973 bits per heavy atom. The smallest absolute Gasteiger partial charge is 0.228 e. The van der Waals surface area contributed by atoms with Crippen LogP contribution in [0.4, 0.5) is 10.1 Å². The predicted molar refractivity (Wildman–Crippen MR) is 141 cm³/mol. The number of amides is 1. The Kier molecular flexibility index (Phi) is 5.65. The minimum atomic E-state index is -0.340. The number of carbonyl (C=O) groups excluding carboxylic acids is 1. The number of aromatic nitrogens is 3. The molecule has 2 aliphatic heterocycles. The lowest BCUT2D eigenvalue weighted by Gasteiger charge is -2.27. The van der Waals surface area contributed by atoms with Crippen LogP contribution in [0.15, 0.2) is 71.7 Å². The minimum absolute atomic E-state index is 0.0773. The topological polar surface area (TPSA) is 63.4 Å². The van der Waals surface area contributed by atoms with Crippen LogP contribution in [0.1, 0.15) is 53.3 Å². The molecule has 2 aliphatic rings. The van der Waals surface area contributed by atoms with Gasteiger partial charge in [-0.2, -0.15) is 0 Å². The van der Waals surface area contributed by atoms with Crippen molar-refractivity contribution >= 4 is 17.3 Å². The van der Waals surface area contributed by atoms with Crippen LogP contribution in [0.2, 0.25) is 0 Å². The highest BCUT2D eigenvalue weighted by atomic mass is 19.1. The van der Waals surface area contributed by atoms with Crippen LogP contribution in [-0.4, -0.2) is 32.9 Å². The molecule has 0 saturated heterocycles. The van der Waals surface area contributed by atoms with Crippen molar-refractivity contribution in [3.05, 3.63) is 106 Å². The summed E-state index contributed by atoms with van der Waals surface area (Å²) in [5.41, 5.74) is 5.39. The molecule has 4 aromatic rings. The van der Waals surface area contributed by atoms with Gasteiger partial charge in [0.15, 0.2) is 5.82 Å². The number of fused-ring (bicyclic) bond motifs is 4. The third-order valence-electron chi connectivity index (χ3n) is 6.83. The number of carbonyl (C=O) groups is 1. The standard InChI is InChI=1S/C30H24FN5O/c1-19-30-34-33-20(2)36(30)27-15-13-21(18-24(27)29(32-19)23-10-4-5-11-25(23)31)8-7-17-35-26-12-6-3-9-22(26)14-16-28(35)37/h3-6,9-13,15,18-19H,14,16-17H2,1-2H3/t19-/m1/s1. The molecule has 0 spiro atoms. The van der Waals surface area contributed by atoms with E-state index in [1.54, 1.807) is 23.1 Å². The van der Waals surface area contributed by atoms with Crippen molar-refractivity contribution in [3.63, 3.8) is 0 Å². The molecule has 0 N–H and O–H groups in total. The van der Waals surface area contributed by atoms with E-state index in [4.69, 9.17) is 4.99 Å². The Morgan fingerprint density at radius 2 is 1.78 bits per heavy atom. The Hall–Kier alpha value is -4.57. The molecule has 0 fully saturated rings. The molecule has 0 radical (unpaired) electrons. The van der Waals surface area contributed by atoms with E-state index in [1.807, 2.05) is 54.8 Å². The average Bonchev–Trinajstić information content (AvgIpc) is 3.24. The molecule has 1 aromatic heterocycles. The van der Waals surface area contributed by atoms with Gasteiger partial charge in [-0.15, -0.1) is 10.2 Å². The van der Waals surface area contributed by atoms with E-state index in [0.717, 1.165) is 40.3 Å². The molecule has 6 nitrogen and oxygen atoms in total. The van der Waals surface area contributed by atoms with E-state index in [0.29, 0.717) is 30.1 Å². The van der Waals surface area contributed by atoms with E-state index in [2.05, 4.69) is 28.1 Å².